The smallest absolute Gasteiger partial charge is 0.321 e. The topological polar surface area (TPSA) is 72.9 Å². The van der Waals surface area contributed by atoms with Gasteiger partial charge in [-0.3, -0.25) is 19.3 Å². The van der Waals surface area contributed by atoms with Gasteiger partial charge in [-0.1, -0.05) is 30.3 Å². The van der Waals surface area contributed by atoms with E-state index in [-0.39, 0.29) is 38.4 Å². The molecule has 1 aromatic rings. The Kier molecular flexibility index (Phi) is 6.70. The number of carbonyl (C=O) groups excluding carboxylic acids is 3. The van der Waals surface area contributed by atoms with Gasteiger partial charge in [0.15, 0.2) is 5.78 Å². The first-order valence-corrected chi connectivity index (χ1v) is 8.64. The fraction of sp³-hybridized carbons (Fsp3) is 0.526. The summed E-state index contributed by atoms with van der Waals surface area (Å²) in [4.78, 5) is 39.3. The second-order valence-electron chi connectivity index (χ2n) is 6.15. The van der Waals surface area contributed by atoms with Crippen molar-refractivity contribution in [1.29, 1.82) is 0 Å². The second-order valence-corrected chi connectivity index (χ2v) is 6.15. The zero-order valence-corrected chi connectivity index (χ0v) is 14.8. The van der Waals surface area contributed by atoms with Crippen LogP contribution in [0.25, 0.3) is 0 Å². The van der Waals surface area contributed by atoms with E-state index in [0.29, 0.717) is 13.1 Å². The van der Waals surface area contributed by atoms with Crippen LogP contribution < -0.4 is 0 Å². The average Bonchev–Trinajstić information content (AvgIpc) is 2.59. The van der Waals surface area contributed by atoms with Crippen molar-refractivity contribution in [3.63, 3.8) is 0 Å². The number of carbonyl (C=O) groups is 3. The lowest BCUT2D eigenvalue weighted by molar-refractivity contribution is -0.170. The largest absolute Gasteiger partial charge is 0.466 e. The van der Waals surface area contributed by atoms with Gasteiger partial charge in [-0.2, -0.15) is 0 Å². The van der Waals surface area contributed by atoms with Crippen molar-refractivity contribution < 1.29 is 23.9 Å². The van der Waals surface area contributed by atoms with E-state index >= 15 is 0 Å². The fourth-order valence-corrected chi connectivity index (χ4v) is 3.16. The summed E-state index contributed by atoms with van der Waals surface area (Å²) in [6.45, 7) is 5.08. The van der Waals surface area contributed by atoms with Crippen LogP contribution in [0.5, 0.6) is 0 Å². The van der Waals surface area contributed by atoms with Gasteiger partial charge < -0.3 is 9.47 Å². The summed E-state index contributed by atoms with van der Waals surface area (Å²) in [5.74, 6) is -1.43. The Morgan fingerprint density at radius 2 is 1.80 bits per heavy atom. The number of hydrogen-bond acceptors (Lipinski definition) is 6. The molecule has 1 aromatic carbocycles. The molecule has 1 unspecified atom stereocenters. The van der Waals surface area contributed by atoms with Crippen molar-refractivity contribution in [2.24, 2.45) is 5.41 Å². The number of rotatable bonds is 7. The molecule has 1 aliphatic rings. The molecule has 25 heavy (non-hydrogen) atoms. The van der Waals surface area contributed by atoms with Crippen LogP contribution in [0, 0.1) is 5.41 Å². The van der Waals surface area contributed by atoms with Gasteiger partial charge in [0.1, 0.15) is 5.41 Å². The molecule has 6 heteroatoms. The SMILES string of the molecule is CCOC(=O)CC1(C(=O)OCC)CN(Cc2ccccc2)CCC1=O. The van der Waals surface area contributed by atoms with E-state index in [1.165, 1.54) is 0 Å². The highest BCUT2D eigenvalue weighted by Gasteiger charge is 2.52. The molecule has 6 nitrogen and oxygen atoms in total. The first-order chi connectivity index (χ1) is 12.0. The predicted molar refractivity (Wildman–Crippen MR) is 91.7 cm³/mol. The third kappa shape index (κ3) is 4.66. The van der Waals surface area contributed by atoms with Gasteiger partial charge in [-0.05, 0) is 19.4 Å². The van der Waals surface area contributed by atoms with Crippen LogP contribution in [0.4, 0.5) is 0 Å². The van der Waals surface area contributed by atoms with Gasteiger partial charge >= 0.3 is 11.9 Å². The van der Waals surface area contributed by atoms with Gasteiger partial charge in [0, 0.05) is 26.1 Å². The molecule has 0 N–H and O–H groups in total. The van der Waals surface area contributed by atoms with Crippen molar-refractivity contribution in [1.82, 2.24) is 4.90 Å². The highest BCUT2D eigenvalue weighted by atomic mass is 16.5. The van der Waals surface area contributed by atoms with Gasteiger partial charge in [0.2, 0.25) is 0 Å². The molecule has 136 valence electrons. The lowest BCUT2D eigenvalue weighted by Crippen LogP contribution is -2.55. The number of benzene rings is 1. The molecule has 1 aliphatic heterocycles. The Bertz CT molecular complexity index is 616. The molecular formula is C19H25NO5. The number of ketones is 1. The number of piperidine rings is 1. The maximum Gasteiger partial charge on any atom is 0.321 e. The summed E-state index contributed by atoms with van der Waals surface area (Å²) in [6.07, 6.45) is -0.0607. The third-order valence-electron chi connectivity index (χ3n) is 4.35. The van der Waals surface area contributed by atoms with E-state index in [1.807, 2.05) is 35.2 Å². The first-order valence-electron chi connectivity index (χ1n) is 8.64. The van der Waals surface area contributed by atoms with E-state index in [2.05, 4.69) is 0 Å². The summed E-state index contributed by atoms with van der Waals surface area (Å²) >= 11 is 0. The summed E-state index contributed by atoms with van der Waals surface area (Å²) in [5.41, 5.74) is -0.388. The molecule has 1 saturated heterocycles. The molecule has 0 amide bonds. The third-order valence-corrected chi connectivity index (χ3v) is 4.35. The van der Waals surface area contributed by atoms with Crippen LogP contribution in [0.15, 0.2) is 30.3 Å². The number of nitrogens with zero attached hydrogens (tertiary/aromatic N) is 1. The molecule has 1 atom stereocenters. The molecule has 0 bridgehead atoms. The zero-order valence-electron chi connectivity index (χ0n) is 14.8. The van der Waals surface area contributed by atoms with Gasteiger partial charge in [-0.15, -0.1) is 0 Å². The minimum absolute atomic E-state index is 0.162. The molecule has 0 aliphatic carbocycles. The van der Waals surface area contributed by atoms with Crippen LogP contribution in [0.2, 0.25) is 0 Å². The quantitative estimate of drug-likeness (QED) is 0.555. The van der Waals surface area contributed by atoms with Crippen LogP contribution >= 0.6 is 0 Å². The van der Waals surface area contributed by atoms with Gasteiger partial charge in [0.25, 0.3) is 0 Å². The van der Waals surface area contributed by atoms with Crippen molar-refractivity contribution in [2.75, 3.05) is 26.3 Å². The standard InChI is InChI=1S/C19H25NO5/c1-3-24-17(22)12-19(18(23)25-4-2)14-20(11-10-16(19)21)13-15-8-6-5-7-9-15/h5-9H,3-4,10-14H2,1-2H3. The highest BCUT2D eigenvalue weighted by molar-refractivity contribution is 6.07. The summed E-state index contributed by atoms with van der Waals surface area (Å²) in [5, 5.41) is 0. The van der Waals surface area contributed by atoms with Crippen LogP contribution in [-0.4, -0.2) is 48.9 Å². The Morgan fingerprint density at radius 1 is 1.12 bits per heavy atom. The number of likely N-dealkylation sites (tertiary alicyclic amines) is 1. The van der Waals surface area contributed by atoms with Gasteiger partial charge in [-0.25, -0.2) is 0 Å². The monoisotopic (exact) mass is 347 g/mol. The lowest BCUT2D eigenvalue weighted by Gasteiger charge is -2.39. The van der Waals surface area contributed by atoms with Gasteiger partial charge in [0.05, 0.1) is 19.6 Å². The van der Waals surface area contributed by atoms with Crippen molar-refractivity contribution >= 4 is 17.7 Å². The molecule has 0 spiro atoms. The number of Topliss-reactive ketones (excluding diaryl/α,β-unsaturated/α-hetero) is 1. The van der Waals surface area contributed by atoms with Crippen LogP contribution in [0.1, 0.15) is 32.3 Å². The summed E-state index contributed by atoms with van der Waals surface area (Å²) < 4.78 is 10.1. The normalized spacial score (nSPS) is 21.0. The number of hydrogen-bond donors (Lipinski definition) is 0. The average molecular weight is 347 g/mol. The van der Waals surface area contributed by atoms with Crippen LogP contribution in [-0.2, 0) is 30.4 Å². The molecule has 0 radical (unpaired) electrons. The molecule has 1 fully saturated rings. The maximum absolute atomic E-state index is 12.6. The second kappa shape index (κ2) is 8.76. The Balaban J connectivity index is 2.22. The fourth-order valence-electron chi connectivity index (χ4n) is 3.16. The van der Waals surface area contributed by atoms with Crippen LogP contribution in [0.3, 0.4) is 0 Å². The Labute approximate surface area is 148 Å². The number of esters is 2. The Hall–Kier alpha value is -2.21. The number of ether oxygens (including phenoxy) is 2. The van der Waals surface area contributed by atoms with E-state index in [4.69, 9.17) is 9.47 Å². The van der Waals surface area contributed by atoms with Crippen molar-refractivity contribution in [2.45, 2.75) is 33.2 Å². The molecule has 1 heterocycles. The first kappa shape index (κ1) is 19.1. The molecule has 0 saturated carbocycles. The van der Waals surface area contributed by atoms with E-state index in [9.17, 15) is 14.4 Å². The van der Waals surface area contributed by atoms with E-state index < -0.39 is 17.4 Å². The minimum atomic E-state index is -1.48. The molecule has 2 rings (SSSR count). The molecular weight excluding hydrogens is 322 g/mol. The highest BCUT2D eigenvalue weighted by Crippen LogP contribution is 2.33. The predicted octanol–water partition coefficient (Wildman–Crippen LogP) is 1.96. The van der Waals surface area contributed by atoms with E-state index in [0.717, 1.165) is 5.56 Å². The Morgan fingerprint density at radius 3 is 2.44 bits per heavy atom. The lowest BCUT2D eigenvalue weighted by atomic mass is 9.75. The van der Waals surface area contributed by atoms with Crippen molar-refractivity contribution in [3.05, 3.63) is 35.9 Å². The zero-order chi connectivity index (χ0) is 18.3. The molecule has 0 aromatic heterocycles. The minimum Gasteiger partial charge on any atom is -0.466 e. The van der Waals surface area contributed by atoms with Crippen molar-refractivity contribution in [3.8, 4) is 0 Å². The summed E-state index contributed by atoms with van der Waals surface area (Å²) in [6, 6.07) is 9.82. The maximum atomic E-state index is 12.6. The van der Waals surface area contributed by atoms with E-state index in [1.54, 1.807) is 13.8 Å². The summed E-state index contributed by atoms with van der Waals surface area (Å²) in [7, 11) is 0.